The van der Waals surface area contributed by atoms with Gasteiger partial charge in [0, 0.05) is 38.5 Å². The molecule has 15 nitrogen and oxygen atoms in total. The van der Waals surface area contributed by atoms with Gasteiger partial charge in [0.25, 0.3) is 0 Å². The zero-order chi connectivity index (χ0) is 43.9. The van der Waals surface area contributed by atoms with Crippen molar-refractivity contribution in [2.45, 2.75) is 134 Å². The van der Waals surface area contributed by atoms with Crippen LogP contribution in [0, 0.1) is 16.7 Å². The van der Waals surface area contributed by atoms with Crippen LogP contribution >= 0.6 is 0 Å². The Morgan fingerprint density at radius 2 is 1.57 bits per heavy atom. The van der Waals surface area contributed by atoms with Crippen LogP contribution in [0.2, 0.25) is 0 Å². The van der Waals surface area contributed by atoms with Crippen LogP contribution in [0.3, 0.4) is 0 Å². The maximum atomic E-state index is 15.4. The number of esters is 4. The molecule has 0 aromatic heterocycles. The lowest BCUT2D eigenvalue weighted by Crippen LogP contribution is -2.82. The molecule has 6 rings (SSSR count). The van der Waals surface area contributed by atoms with Gasteiger partial charge in [0.05, 0.1) is 35.6 Å². The molecule has 1 heterocycles. The first-order valence-electron chi connectivity index (χ1n) is 20.4. The van der Waals surface area contributed by atoms with E-state index < -0.39 is 113 Å². The van der Waals surface area contributed by atoms with Crippen molar-refractivity contribution in [3.8, 4) is 0 Å². The average Bonchev–Trinajstić information content (AvgIpc) is 3.20. The molecule has 3 fully saturated rings. The minimum absolute atomic E-state index is 0.0115. The summed E-state index contributed by atoms with van der Waals surface area (Å²) in [5.74, 6) is -6.57. The van der Waals surface area contributed by atoms with Gasteiger partial charge in [-0.2, -0.15) is 0 Å². The van der Waals surface area contributed by atoms with Crippen LogP contribution in [0.15, 0.2) is 71.8 Å². The van der Waals surface area contributed by atoms with Crippen molar-refractivity contribution in [1.29, 1.82) is 0 Å². The molecule has 1 aliphatic heterocycles. The highest BCUT2D eigenvalue weighted by Crippen LogP contribution is 2.64. The van der Waals surface area contributed by atoms with Crippen LogP contribution in [-0.4, -0.2) is 105 Å². The van der Waals surface area contributed by atoms with Crippen molar-refractivity contribution in [2.24, 2.45) is 16.7 Å². The van der Waals surface area contributed by atoms with E-state index >= 15 is 4.79 Å². The number of carbonyl (C=O) groups is 6. The average molecular weight is 834 g/mol. The third kappa shape index (κ3) is 7.54. The fourth-order valence-corrected chi connectivity index (χ4v) is 9.95. The maximum absolute atomic E-state index is 15.4. The van der Waals surface area contributed by atoms with Gasteiger partial charge in [0.15, 0.2) is 23.6 Å². The van der Waals surface area contributed by atoms with Crippen LogP contribution in [0.1, 0.15) is 103 Å². The number of fused-ring (bicyclic) bond motifs is 5. The summed E-state index contributed by atoms with van der Waals surface area (Å²) in [5, 5.41) is 40.1. The molecule has 2 bridgehead atoms. The van der Waals surface area contributed by atoms with Crippen LogP contribution in [0.25, 0.3) is 0 Å². The van der Waals surface area contributed by atoms with Crippen LogP contribution < -0.4 is 5.32 Å². The second-order valence-electron chi connectivity index (χ2n) is 17.2. The minimum atomic E-state index is -2.37. The van der Waals surface area contributed by atoms with E-state index in [-0.39, 0.29) is 36.2 Å². The molecule has 1 amide bonds. The van der Waals surface area contributed by atoms with Gasteiger partial charge in [0.1, 0.15) is 23.9 Å². The summed E-state index contributed by atoms with van der Waals surface area (Å²) >= 11 is 0. The van der Waals surface area contributed by atoms with Gasteiger partial charge in [-0.3, -0.25) is 19.2 Å². The van der Waals surface area contributed by atoms with E-state index in [4.69, 9.17) is 23.7 Å². The van der Waals surface area contributed by atoms with Gasteiger partial charge in [-0.05, 0) is 49.1 Å². The normalized spacial score (nSPS) is 32.6. The number of carbonyl (C=O) groups excluding carboxylic acids is 6. The summed E-state index contributed by atoms with van der Waals surface area (Å²) < 4.78 is 30.2. The zero-order valence-corrected chi connectivity index (χ0v) is 35.0. The summed E-state index contributed by atoms with van der Waals surface area (Å²) in [4.78, 5) is 82.7. The zero-order valence-electron chi connectivity index (χ0n) is 35.0. The molecule has 1 saturated heterocycles. The molecule has 0 radical (unpaired) electrons. The third-order valence-electron chi connectivity index (χ3n) is 13.2. The van der Waals surface area contributed by atoms with Gasteiger partial charge >= 0.3 is 23.9 Å². The molecular formula is C45H55NO14. The number of rotatable bonds is 12. The van der Waals surface area contributed by atoms with E-state index in [0.717, 1.165) is 20.3 Å². The highest BCUT2D eigenvalue weighted by Gasteiger charge is 2.78. The molecule has 11 atom stereocenters. The first-order chi connectivity index (χ1) is 28.2. The van der Waals surface area contributed by atoms with E-state index in [1.807, 2.05) is 6.92 Å². The Bertz CT molecular complexity index is 2030. The lowest BCUT2D eigenvalue weighted by Gasteiger charge is -2.67. The number of Topliss-reactive ketones (excluding diaryl/α,β-unsaturated/α-hetero) is 1. The summed E-state index contributed by atoms with van der Waals surface area (Å²) in [5.41, 5.74) is -7.13. The molecular weight excluding hydrogens is 778 g/mol. The van der Waals surface area contributed by atoms with Gasteiger partial charge < -0.3 is 44.3 Å². The molecule has 4 N–H and O–H groups in total. The molecule has 2 unspecified atom stereocenters. The van der Waals surface area contributed by atoms with Gasteiger partial charge in [-0.25, -0.2) is 9.59 Å². The van der Waals surface area contributed by atoms with Crippen molar-refractivity contribution in [1.82, 2.24) is 5.32 Å². The monoisotopic (exact) mass is 833 g/mol. The number of benzene rings is 2. The molecule has 15 heteroatoms. The number of ketones is 1. The van der Waals surface area contributed by atoms with E-state index in [1.54, 1.807) is 62.4 Å². The van der Waals surface area contributed by atoms with Gasteiger partial charge in [-0.1, -0.05) is 75.7 Å². The topological polar surface area (TPSA) is 221 Å². The highest BCUT2D eigenvalue weighted by atomic mass is 16.6. The number of unbranched alkanes of at least 4 members (excludes halogenated alkanes) is 1. The molecule has 4 aliphatic rings. The van der Waals surface area contributed by atoms with E-state index in [2.05, 4.69) is 5.32 Å². The van der Waals surface area contributed by atoms with Crippen molar-refractivity contribution in [3.05, 3.63) is 82.9 Å². The van der Waals surface area contributed by atoms with Crippen molar-refractivity contribution in [2.75, 3.05) is 6.61 Å². The second kappa shape index (κ2) is 16.8. The molecule has 3 aliphatic carbocycles. The molecule has 0 spiro atoms. The Kier molecular flexibility index (Phi) is 12.5. The number of hydrogen-bond donors (Lipinski definition) is 4. The highest BCUT2D eigenvalue weighted by molar-refractivity contribution is 5.95. The standard InChI is InChI=1S/C45H55NO14/c1-8-9-20-32(50)46-34(27-16-12-10-13-17-27)35(51)41(54)58-29-22-45(55)39(59-40(53)28-18-14-11-15-19-28)37-43(7,30(49)21-31-44(37,23-56-31)60-26(4)48)38(52)36(57-25(3)47)33(24(29)2)42(45,5)6/h10-19,29-31,34-37,39,49,51,55H,8-9,20-23H2,1-7H3,(H,46,50)/t29?,30-,31+,34-,35+,36+,37?,39-,43+,44-,45+/m0/s1. The number of ether oxygens (including phenoxy) is 5. The number of amides is 1. The van der Waals surface area contributed by atoms with Crippen LogP contribution in [0.5, 0.6) is 0 Å². The molecule has 2 aromatic rings. The summed E-state index contributed by atoms with van der Waals surface area (Å²) in [6.07, 6.45) is -8.90. The summed E-state index contributed by atoms with van der Waals surface area (Å²) in [6, 6.07) is 15.0. The molecule has 60 heavy (non-hydrogen) atoms. The Labute approximate surface area is 348 Å². The fourth-order valence-electron chi connectivity index (χ4n) is 9.95. The van der Waals surface area contributed by atoms with Crippen molar-refractivity contribution in [3.63, 3.8) is 0 Å². The van der Waals surface area contributed by atoms with Crippen molar-refractivity contribution < 1.29 is 67.8 Å². The van der Waals surface area contributed by atoms with Crippen LogP contribution in [0.4, 0.5) is 0 Å². The Balaban J connectivity index is 1.54. The van der Waals surface area contributed by atoms with E-state index in [0.29, 0.717) is 12.0 Å². The fraction of sp³-hybridized carbons (Fsp3) is 0.556. The van der Waals surface area contributed by atoms with Crippen LogP contribution in [-0.2, 0) is 47.7 Å². The predicted molar refractivity (Wildman–Crippen MR) is 211 cm³/mol. The lowest BCUT2D eigenvalue weighted by atomic mass is 9.44. The smallest absolute Gasteiger partial charge is 0.338 e. The first kappa shape index (κ1) is 44.6. The van der Waals surface area contributed by atoms with Gasteiger partial charge in [0.2, 0.25) is 5.91 Å². The number of nitrogens with one attached hydrogen (secondary N) is 1. The predicted octanol–water partition coefficient (Wildman–Crippen LogP) is 3.61. The van der Waals surface area contributed by atoms with Crippen molar-refractivity contribution >= 4 is 35.6 Å². The Morgan fingerprint density at radius 1 is 0.933 bits per heavy atom. The Morgan fingerprint density at radius 3 is 2.13 bits per heavy atom. The third-order valence-corrected chi connectivity index (χ3v) is 13.2. The molecule has 2 saturated carbocycles. The van der Waals surface area contributed by atoms with E-state index in [1.165, 1.54) is 26.0 Å². The number of aliphatic hydroxyl groups excluding tert-OH is 2. The summed E-state index contributed by atoms with van der Waals surface area (Å²) in [7, 11) is 0. The Hall–Kier alpha value is -4.96. The van der Waals surface area contributed by atoms with Gasteiger partial charge in [-0.15, -0.1) is 0 Å². The second-order valence-corrected chi connectivity index (χ2v) is 17.2. The maximum Gasteiger partial charge on any atom is 0.338 e. The number of hydrogen-bond acceptors (Lipinski definition) is 14. The minimum Gasteiger partial charge on any atom is -0.456 e. The summed E-state index contributed by atoms with van der Waals surface area (Å²) in [6.45, 7) is 9.94. The largest absolute Gasteiger partial charge is 0.456 e. The lowest BCUT2D eigenvalue weighted by molar-refractivity contribution is -0.346. The molecule has 2 aromatic carbocycles. The number of aliphatic hydroxyl groups is 3. The molecule has 324 valence electrons. The van der Waals surface area contributed by atoms with E-state index in [9.17, 15) is 39.3 Å². The quantitative estimate of drug-likeness (QED) is 0.136. The SMILES string of the molecule is CCCCC(=O)N[C@@H](c1ccccc1)[C@@H](O)C(=O)OC1C[C@@]2(O)[C@@H](OC(=O)c3ccccc3)C3[C@](C)(C(=O)[C@H](OC(C)=O)C(=C1C)C2(C)C)[C@@H](O)C[C@H]1OC[C@@]31OC(C)=O. The first-order valence-corrected chi connectivity index (χ1v) is 20.4.